The Balaban J connectivity index is 1.75. The van der Waals surface area contributed by atoms with Gasteiger partial charge in [-0.15, -0.1) is 0 Å². The number of anilines is 1. The normalized spacial score (nSPS) is 16.4. The number of hydrogen-bond donors (Lipinski definition) is 1. The zero-order valence-electron chi connectivity index (χ0n) is 13.5. The predicted molar refractivity (Wildman–Crippen MR) is 89.0 cm³/mol. The molecule has 0 saturated carbocycles. The fourth-order valence-electron chi connectivity index (χ4n) is 2.92. The number of benzene rings is 1. The van der Waals surface area contributed by atoms with Crippen molar-refractivity contribution in [1.82, 2.24) is 14.8 Å². The minimum Gasteiger partial charge on any atom is -0.444 e. The Morgan fingerprint density at radius 2 is 2.04 bits per heavy atom. The first-order valence-corrected chi connectivity index (χ1v) is 7.82. The molecule has 0 spiro atoms. The summed E-state index contributed by atoms with van der Waals surface area (Å²) in [5.41, 5.74) is 7.53. The quantitative estimate of drug-likeness (QED) is 0.878. The number of aromatic nitrogens is 1. The molecule has 2 aromatic rings. The molecule has 0 atom stereocenters. The summed E-state index contributed by atoms with van der Waals surface area (Å²) in [5.74, 6) is 0.271. The van der Waals surface area contributed by atoms with Crippen LogP contribution >= 0.6 is 0 Å². The number of nitrogen functional groups attached to an aromatic ring is 1. The lowest BCUT2D eigenvalue weighted by Crippen LogP contribution is -2.44. The summed E-state index contributed by atoms with van der Waals surface area (Å²) in [7, 11) is 3.94. The number of amides is 1. The summed E-state index contributed by atoms with van der Waals surface area (Å²) in [4.78, 5) is 21.0. The molecule has 0 aliphatic carbocycles. The van der Waals surface area contributed by atoms with E-state index in [1.807, 2.05) is 25.2 Å². The Hall–Kier alpha value is -2.34. The topological polar surface area (TPSA) is 75.6 Å². The van der Waals surface area contributed by atoms with Crippen molar-refractivity contribution in [2.75, 3.05) is 32.9 Å². The molecule has 0 radical (unpaired) electrons. The fraction of sp³-hybridized carbons (Fsp3) is 0.412. The van der Waals surface area contributed by atoms with Crippen molar-refractivity contribution in [3.05, 3.63) is 36.2 Å². The average Bonchev–Trinajstić information content (AvgIpc) is 3.04. The second-order valence-electron chi connectivity index (χ2n) is 6.08. The highest BCUT2D eigenvalue weighted by molar-refractivity contribution is 5.92. The van der Waals surface area contributed by atoms with Crippen LogP contribution in [0, 0.1) is 0 Å². The predicted octanol–water partition coefficient (Wildman–Crippen LogP) is 2.09. The second kappa shape index (κ2) is 6.42. The molecule has 0 bridgehead atoms. The van der Waals surface area contributed by atoms with E-state index in [9.17, 15) is 4.79 Å². The molecule has 0 unspecified atom stereocenters. The Morgan fingerprint density at radius 1 is 1.35 bits per heavy atom. The lowest BCUT2D eigenvalue weighted by molar-refractivity contribution is 0.0654. The van der Waals surface area contributed by atoms with Crippen molar-refractivity contribution >= 4 is 11.6 Å². The second-order valence-corrected chi connectivity index (χ2v) is 6.08. The number of oxazole rings is 1. The van der Waals surface area contributed by atoms with Gasteiger partial charge >= 0.3 is 0 Å². The van der Waals surface area contributed by atoms with Gasteiger partial charge in [0.15, 0.2) is 5.69 Å². The highest BCUT2D eigenvalue weighted by Crippen LogP contribution is 2.25. The van der Waals surface area contributed by atoms with Crippen LogP contribution in [0.15, 0.2) is 34.9 Å². The van der Waals surface area contributed by atoms with E-state index in [1.54, 1.807) is 11.0 Å². The van der Waals surface area contributed by atoms with Crippen LogP contribution < -0.4 is 5.73 Å². The molecule has 122 valence electrons. The van der Waals surface area contributed by atoms with E-state index in [1.165, 1.54) is 6.26 Å². The minimum atomic E-state index is -0.107. The summed E-state index contributed by atoms with van der Waals surface area (Å²) in [6, 6.07) is 7.58. The molecular weight excluding hydrogens is 292 g/mol. The largest absolute Gasteiger partial charge is 0.444 e. The Bertz CT molecular complexity index is 689. The number of nitrogens with two attached hydrogens (primary N) is 1. The van der Waals surface area contributed by atoms with E-state index in [0.29, 0.717) is 22.8 Å². The molecule has 6 heteroatoms. The summed E-state index contributed by atoms with van der Waals surface area (Å²) < 4.78 is 5.46. The van der Waals surface area contributed by atoms with E-state index in [2.05, 4.69) is 16.9 Å². The number of piperidine rings is 1. The van der Waals surface area contributed by atoms with E-state index in [4.69, 9.17) is 10.2 Å². The highest BCUT2D eigenvalue weighted by Gasteiger charge is 2.26. The molecule has 2 heterocycles. The van der Waals surface area contributed by atoms with Gasteiger partial charge in [0.05, 0.1) is 5.56 Å². The summed E-state index contributed by atoms with van der Waals surface area (Å²) in [6.45, 7) is 2.01. The molecule has 1 amide bonds. The molecule has 1 fully saturated rings. The van der Waals surface area contributed by atoms with Gasteiger partial charge in [0.1, 0.15) is 6.26 Å². The third kappa shape index (κ3) is 3.22. The van der Waals surface area contributed by atoms with Gasteiger partial charge in [-0.3, -0.25) is 4.79 Å². The monoisotopic (exact) mass is 314 g/mol. The number of carbonyl (C=O) groups is 1. The van der Waals surface area contributed by atoms with Gasteiger partial charge in [-0.25, -0.2) is 4.98 Å². The zero-order chi connectivity index (χ0) is 16.4. The number of hydrogen-bond acceptors (Lipinski definition) is 5. The van der Waals surface area contributed by atoms with Crippen molar-refractivity contribution in [1.29, 1.82) is 0 Å². The Labute approximate surface area is 135 Å². The maximum atomic E-state index is 12.6. The molecular formula is C17H22N4O2. The molecule has 23 heavy (non-hydrogen) atoms. The lowest BCUT2D eigenvalue weighted by atomic mass is 10.0. The van der Waals surface area contributed by atoms with Crippen molar-refractivity contribution in [3.63, 3.8) is 0 Å². The number of likely N-dealkylation sites (tertiary alicyclic amines) is 1. The number of para-hydroxylation sites is 1. The maximum absolute atomic E-state index is 12.6. The highest BCUT2D eigenvalue weighted by atomic mass is 16.3. The molecule has 1 aliphatic heterocycles. The van der Waals surface area contributed by atoms with Gasteiger partial charge in [0.2, 0.25) is 5.89 Å². The van der Waals surface area contributed by atoms with Crippen LogP contribution in [-0.4, -0.2) is 53.9 Å². The first-order valence-electron chi connectivity index (χ1n) is 7.82. The van der Waals surface area contributed by atoms with Crippen LogP contribution in [0.5, 0.6) is 0 Å². The third-order valence-electron chi connectivity index (χ3n) is 4.47. The van der Waals surface area contributed by atoms with E-state index in [-0.39, 0.29) is 11.9 Å². The molecule has 1 saturated heterocycles. The summed E-state index contributed by atoms with van der Waals surface area (Å²) in [5, 5.41) is 0. The van der Waals surface area contributed by atoms with Gasteiger partial charge in [-0.1, -0.05) is 12.1 Å². The molecule has 6 nitrogen and oxygen atoms in total. The maximum Gasteiger partial charge on any atom is 0.275 e. The van der Waals surface area contributed by atoms with Crippen LogP contribution in [-0.2, 0) is 0 Å². The van der Waals surface area contributed by atoms with Gasteiger partial charge < -0.3 is 20.0 Å². The van der Waals surface area contributed by atoms with E-state index >= 15 is 0 Å². The van der Waals surface area contributed by atoms with Gasteiger partial charge in [-0.05, 0) is 45.1 Å². The van der Waals surface area contributed by atoms with Crippen LogP contribution in [0.3, 0.4) is 0 Å². The smallest absolute Gasteiger partial charge is 0.275 e. The van der Waals surface area contributed by atoms with Crippen molar-refractivity contribution in [2.24, 2.45) is 0 Å². The molecule has 1 aliphatic rings. The summed E-state index contributed by atoms with van der Waals surface area (Å²) in [6.07, 6.45) is 3.37. The van der Waals surface area contributed by atoms with Crippen molar-refractivity contribution in [2.45, 2.75) is 18.9 Å². The first-order chi connectivity index (χ1) is 11.1. The fourth-order valence-corrected chi connectivity index (χ4v) is 2.92. The average molecular weight is 314 g/mol. The molecule has 2 N–H and O–H groups in total. The minimum absolute atomic E-state index is 0.107. The molecule has 1 aromatic heterocycles. The van der Waals surface area contributed by atoms with Crippen LogP contribution in [0.25, 0.3) is 11.5 Å². The van der Waals surface area contributed by atoms with E-state index in [0.717, 1.165) is 25.9 Å². The number of rotatable bonds is 3. The van der Waals surface area contributed by atoms with Crippen LogP contribution in [0.2, 0.25) is 0 Å². The van der Waals surface area contributed by atoms with Crippen molar-refractivity contribution < 1.29 is 9.21 Å². The van der Waals surface area contributed by atoms with Gasteiger partial charge in [0.25, 0.3) is 5.91 Å². The number of carbonyl (C=O) groups excluding carboxylic acids is 1. The lowest BCUT2D eigenvalue weighted by Gasteiger charge is -2.34. The third-order valence-corrected chi connectivity index (χ3v) is 4.47. The standard InChI is InChI=1S/C17H22N4O2/c1-20-9-7-12(8-10-20)21(2)17(22)15-11-23-16(19-15)13-5-3-4-6-14(13)18/h3-6,11-12H,7-10,18H2,1-2H3. The van der Waals surface area contributed by atoms with E-state index < -0.39 is 0 Å². The zero-order valence-corrected chi connectivity index (χ0v) is 13.5. The first kappa shape index (κ1) is 15.6. The molecule has 1 aromatic carbocycles. The van der Waals surface area contributed by atoms with Crippen LogP contribution in [0.1, 0.15) is 23.3 Å². The SMILES string of the molecule is CN1CCC(N(C)C(=O)c2coc(-c3ccccc3N)n2)CC1. The Kier molecular flexibility index (Phi) is 4.34. The van der Waals surface area contributed by atoms with Gasteiger partial charge in [-0.2, -0.15) is 0 Å². The Morgan fingerprint density at radius 3 is 2.74 bits per heavy atom. The number of nitrogens with zero attached hydrogens (tertiary/aromatic N) is 3. The van der Waals surface area contributed by atoms with Gasteiger partial charge in [0, 0.05) is 18.8 Å². The van der Waals surface area contributed by atoms with Crippen molar-refractivity contribution in [3.8, 4) is 11.5 Å². The molecule has 3 rings (SSSR count). The van der Waals surface area contributed by atoms with Crippen LogP contribution in [0.4, 0.5) is 5.69 Å². The summed E-state index contributed by atoms with van der Waals surface area (Å²) >= 11 is 0.